The van der Waals surface area contributed by atoms with Gasteiger partial charge < -0.3 is 10.2 Å². The van der Waals surface area contributed by atoms with Crippen LogP contribution in [0.4, 0.5) is 5.95 Å². The van der Waals surface area contributed by atoms with E-state index in [9.17, 15) is 9.59 Å². The Labute approximate surface area is 139 Å². The number of carbonyl (C=O) groups is 2. The average Bonchev–Trinajstić information content (AvgIpc) is 2.91. The van der Waals surface area contributed by atoms with Gasteiger partial charge in [0.15, 0.2) is 0 Å². The Morgan fingerprint density at radius 1 is 1.13 bits per heavy atom. The molecular formula is C15H21N5O2S. The molecule has 7 nitrogen and oxygen atoms in total. The molecule has 124 valence electrons. The Morgan fingerprint density at radius 3 is 2.52 bits per heavy atom. The van der Waals surface area contributed by atoms with Crippen LogP contribution in [0.5, 0.6) is 0 Å². The van der Waals surface area contributed by atoms with Crippen molar-refractivity contribution in [1.29, 1.82) is 0 Å². The Hall–Kier alpha value is -1.67. The van der Waals surface area contributed by atoms with E-state index in [-0.39, 0.29) is 10.5 Å². The summed E-state index contributed by atoms with van der Waals surface area (Å²) in [4.78, 5) is 35.5. The molecular weight excluding hydrogens is 314 g/mol. The highest BCUT2D eigenvalue weighted by Gasteiger charge is 2.29. The van der Waals surface area contributed by atoms with Gasteiger partial charge in [-0.25, -0.2) is 9.97 Å². The molecule has 2 saturated heterocycles. The number of carbonyl (C=O) groups excluding carboxylic acids is 2. The van der Waals surface area contributed by atoms with E-state index in [0.29, 0.717) is 0 Å². The maximum absolute atomic E-state index is 11.1. The highest BCUT2D eigenvalue weighted by atomic mass is 32.2. The van der Waals surface area contributed by atoms with Crippen molar-refractivity contribution in [1.82, 2.24) is 20.2 Å². The van der Waals surface area contributed by atoms with Crippen LogP contribution in [-0.2, 0) is 9.59 Å². The molecule has 1 N–H and O–H groups in total. The van der Waals surface area contributed by atoms with Crippen LogP contribution in [-0.4, -0.2) is 64.0 Å². The molecule has 0 radical (unpaired) electrons. The number of nitrogens with zero attached hydrogens (tertiary/aromatic N) is 4. The normalized spacial score (nSPS) is 22.4. The molecule has 8 heteroatoms. The highest BCUT2D eigenvalue weighted by Crippen LogP contribution is 2.21. The molecule has 1 aromatic rings. The van der Waals surface area contributed by atoms with Gasteiger partial charge in [-0.2, -0.15) is 0 Å². The van der Waals surface area contributed by atoms with Crippen LogP contribution >= 0.6 is 11.8 Å². The summed E-state index contributed by atoms with van der Waals surface area (Å²) in [5, 5.41) is 2.33. The van der Waals surface area contributed by atoms with Crippen molar-refractivity contribution in [3.63, 3.8) is 0 Å². The van der Waals surface area contributed by atoms with Crippen LogP contribution in [0.25, 0.3) is 0 Å². The van der Waals surface area contributed by atoms with Gasteiger partial charge in [-0.3, -0.25) is 14.5 Å². The molecule has 1 aromatic heterocycles. The van der Waals surface area contributed by atoms with E-state index >= 15 is 0 Å². The molecule has 0 bridgehead atoms. The summed E-state index contributed by atoms with van der Waals surface area (Å²) >= 11 is 1.12. The van der Waals surface area contributed by atoms with Gasteiger partial charge in [0, 0.05) is 38.6 Å². The largest absolute Gasteiger partial charge is 0.338 e. The molecule has 0 aliphatic carbocycles. The van der Waals surface area contributed by atoms with Crippen molar-refractivity contribution in [2.45, 2.75) is 24.6 Å². The summed E-state index contributed by atoms with van der Waals surface area (Å²) in [6, 6.07) is 1.83. The van der Waals surface area contributed by atoms with Gasteiger partial charge in [-0.05, 0) is 31.9 Å². The lowest BCUT2D eigenvalue weighted by Gasteiger charge is -2.34. The van der Waals surface area contributed by atoms with Crippen molar-refractivity contribution in [2.75, 3.05) is 37.6 Å². The minimum atomic E-state index is -0.445. The summed E-state index contributed by atoms with van der Waals surface area (Å²) in [6.07, 6.45) is 6.52. The zero-order valence-electron chi connectivity index (χ0n) is 13.0. The molecule has 3 rings (SSSR count). The molecule has 1 unspecified atom stereocenters. The number of nitrogens with one attached hydrogen (secondary N) is 1. The van der Waals surface area contributed by atoms with E-state index < -0.39 is 5.91 Å². The third kappa shape index (κ3) is 4.42. The van der Waals surface area contributed by atoms with Crippen LogP contribution in [0.1, 0.15) is 19.3 Å². The van der Waals surface area contributed by atoms with Crippen molar-refractivity contribution in [3.8, 4) is 0 Å². The maximum atomic E-state index is 11.1. The standard InChI is InChI=1S/C15H21N5O2S/c21-13-14(22)23-12(18-13)4-1-2-7-19-8-10-20(11-9-19)15-16-5-3-6-17-15/h3,5-6,12H,1-2,4,7-11H2,(H,18,21). The number of thioether (sulfide) groups is 1. The van der Waals surface area contributed by atoms with Gasteiger partial charge in [-0.1, -0.05) is 11.8 Å². The van der Waals surface area contributed by atoms with Crippen LogP contribution < -0.4 is 10.2 Å². The number of hydrogen-bond donors (Lipinski definition) is 1. The molecule has 23 heavy (non-hydrogen) atoms. The molecule has 3 heterocycles. The van der Waals surface area contributed by atoms with E-state index in [1.54, 1.807) is 12.4 Å². The summed E-state index contributed by atoms with van der Waals surface area (Å²) in [5.74, 6) is 0.366. The summed E-state index contributed by atoms with van der Waals surface area (Å²) in [5.41, 5.74) is 0. The number of unbranched alkanes of at least 4 members (excludes halogenated alkanes) is 1. The van der Waals surface area contributed by atoms with Crippen LogP contribution in [0.2, 0.25) is 0 Å². The molecule has 0 saturated carbocycles. The minimum absolute atomic E-state index is 0.0259. The summed E-state index contributed by atoms with van der Waals surface area (Å²) < 4.78 is 0. The maximum Gasteiger partial charge on any atom is 0.299 e. The van der Waals surface area contributed by atoms with Gasteiger partial charge in [0.05, 0.1) is 5.37 Å². The van der Waals surface area contributed by atoms with Crippen LogP contribution in [0.3, 0.4) is 0 Å². The smallest absolute Gasteiger partial charge is 0.299 e. The van der Waals surface area contributed by atoms with Gasteiger partial charge in [0.25, 0.3) is 11.0 Å². The van der Waals surface area contributed by atoms with E-state index in [4.69, 9.17) is 0 Å². The van der Waals surface area contributed by atoms with Crippen molar-refractivity contribution in [3.05, 3.63) is 18.5 Å². The Balaban J connectivity index is 1.31. The van der Waals surface area contributed by atoms with Crippen molar-refractivity contribution in [2.24, 2.45) is 0 Å². The first-order valence-corrected chi connectivity index (χ1v) is 8.86. The highest BCUT2D eigenvalue weighted by molar-refractivity contribution is 8.16. The SMILES string of the molecule is O=C1NC(CCCCN2CCN(c3ncccn3)CC2)SC1=O. The lowest BCUT2D eigenvalue weighted by molar-refractivity contribution is -0.132. The Bertz CT molecular complexity index is 532. The third-order valence-electron chi connectivity index (χ3n) is 4.12. The second-order valence-electron chi connectivity index (χ2n) is 5.74. The monoisotopic (exact) mass is 335 g/mol. The number of rotatable bonds is 6. The number of anilines is 1. The van der Waals surface area contributed by atoms with Crippen LogP contribution in [0, 0.1) is 0 Å². The third-order valence-corrected chi connectivity index (χ3v) is 5.16. The van der Waals surface area contributed by atoms with Crippen molar-refractivity contribution >= 4 is 28.7 Å². The second kappa shape index (κ2) is 7.74. The lowest BCUT2D eigenvalue weighted by Crippen LogP contribution is -2.47. The first-order chi connectivity index (χ1) is 11.2. The molecule has 0 aromatic carbocycles. The first kappa shape index (κ1) is 16.2. The molecule has 2 aliphatic heterocycles. The van der Waals surface area contributed by atoms with Crippen LogP contribution in [0.15, 0.2) is 18.5 Å². The number of hydrogen-bond acceptors (Lipinski definition) is 7. The molecule has 2 fully saturated rings. The Kier molecular flexibility index (Phi) is 5.45. The minimum Gasteiger partial charge on any atom is -0.338 e. The van der Waals surface area contributed by atoms with E-state index in [1.165, 1.54) is 0 Å². The first-order valence-electron chi connectivity index (χ1n) is 7.98. The summed E-state index contributed by atoms with van der Waals surface area (Å²) in [7, 11) is 0. The Morgan fingerprint density at radius 2 is 1.87 bits per heavy atom. The molecule has 1 atom stereocenters. The fourth-order valence-electron chi connectivity index (χ4n) is 2.84. The zero-order chi connectivity index (χ0) is 16.1. The predicted molar refractivity (Wildman–Crippen MR) is 89.1 cm³/mol. The molecule has 0 spiro atoms. The second-order valence-corrected chi connectivity index (χ2v) is 6.92. The molecule has 1 amide bonds. The summed E-state index contributed by atoms with van der Waals surface area (Å²) in [6.45, 7) is 5.00. The topological polar surface area (TPSA) is 78.4 Å². The quantitative estimate of drug-likeness (QED) is 0.598. The van der Waals surface area contributed by atoms with E-state index in [0.717, 1.165) is 69.7 Å². The number of piperazine rings is 1. The number of amides is 1. The fraction of sp³-hybridized carbons (Fsp3) is 0.600. The predicted octanol–water partition coefficient (Wildman–Crippen LogP) is 0.485. The van der Waals surface area contributed by atoms with Gasteiger partial charge in [0.1, 0.15) is 0 Å². The van der Waals surface area contributed by atoms with Gasteiger partial charge in [-0.15, -0.1) is 0 Å². The lowest BCUT2D eigenvalue weighted by atomic mass is 10.2. The average molecular weight is 335 g/mol. The van der Waals surface area contributed by atoms with E-state index in [1.807, 2.05) is 6.07 Å². The number of aromatic nitrogens is 2. The van der Waals surface area contributed by atoms with Crippen molar-refractivity contribution < 1.29 is 9.59 Å². The van der Waals surface area contributed by atoms with E-state index in [2.05, 4.69) is 25.1 Å². The van der Waals surface area contributed by atoms with Gasteiger partial charge in [0.2, 0.25) is 5.95 Å². The molecule has 2 aliphatic rings. The van der Waals surface area contributed by atoms with Gasteiger partial charge >= 0.3 is 0 Å². The zero-order valence-corrected chi connectivity index (χ0v) is 13.8. The fourth-order valence-corrected chi connectivity index (χ4v) is 3.71.